The average molecular weight is 1740 g/mol. The van der Waals surface area contributed by atoms with Crippen molar-refractivity contribution in [3.8, 4) is 50.8 Å². The van der Waals surface area contributed by atoms with Crippen LogP contribution < -0.4 is 26.0 Å². The van der Waals surface area contributed by atoms with Crippen LogP contribution in [0.15, 0.2) is 267 Å². The Bertz CT molecular complexity index is 6270. The van der Waals surface area contributed by atoms with E-state index in [1.165, 1.54) is 24.3 Å². The number of ether oxygens (including phenoxy) is 1. The van der Waals surface area contributed by atoms with Crippen molar-refractivity contribution in [2.45, 2.75) is 41.2 Å². The van der Waals surface area contributed by atoms with Crippen molar-refractivity contribution in [3.63, 3.8) is 0 Å². The third kappa shape index (κ3) is 25.1. The summed E-state index contributed by atoms with van der Waals surface area (Å²) >= 11 is 25.1. The number of hydrogen-bond donors (Lipinski definition) is 5. The van der Waals surface area contributed by atoms with Gasteiger partial charge >= 0.3 is 0 Å². The lowest BCUT2D eigenvalue weighted by molar-refractivity contribution is 0.101. The number of aliphatic hydroxyl groups excluding tert-OH is 1. The van der Waals surface area contributed by atoms with Crippen LogP contribution in [0.2, 0.25) is 20.1 Å². The molecule has 0 aliphatic carbocycles. The number of halogens is 4. The summed E-state index contributed by atoms with van der Waals surface area (Å²) in [5.74, 6) is -1.49. The molecule has 0 radical (unpaired) electrons. The molecule has 0 aliphatic rings. The van der Waals surface area contributed by atoms with Gasteiger partial charge < -0.3 is 35.7 Å². The number of nitrogens with zero attached hydrogens (tertiary/aromatic N) is 7. The van der Waals surface area contributed by atoms with Crippen LogP contribution in [-0.4, -0.2) is 123 Å². The van der Waals surface area contributed by atoms with E-state index in [-0.39, 0.29) is 52.7 Å². The zero-order chi connectivity index (χ0) is 85.1. The minimum atomic E-state index is -3.65. The molecule has 8 aromatic carbocycles. The summed E-state index contributed by atoms with van der Waals surface area (Å²) < 4.78 is 101. The number of sulfone groups is 4. The lowest BCUT2D eigenvalue weighted by atomic mass is 10.1. The third-order valence-electron chi connectivity index (χ3n) is 17.4. The molecule has 5 aromatic heterocycles. The quantitative estimate of drug-likeness (QED) is 0.0397. The summed E-state index contributed by atoms with van der Waals surface area (Å²) in [7, 11) is -10.2. The normalized spacial score (nSPS) is 11.5. The standard InChI is InChI=1S/C22H18ClN5O3S.2C21H19ClN2O4S.C21H19ClN2O3S/c1-28-14-25-27-22(28)32(30,31)13-15-5-7-16(8-6-15)21(29)26-17-9-10-19(23)18(12-17)20-4-2-3-11-24-20;1-29(27,28)13-14-2-5-16(6-3-14)21(26)24-17-7-8-19(22)18(10-17)20-9-4-15(12-25)11-23-20;1-28-20-11-14(13-29(2,26)27)6-8-16(20)21(25)24-15-7-9-18(22)17(12-15)19-5-3-4-10-23-19;1-14(28(2,26)27)15-6-8-16(9-7-15)21(25)24-17-10-11-19(22)18(13-17)20-5-3-4-12-23-20/h2-12,14H,13H2,1H3,(H,26,29);2-11,25H,12-13H2,1H3,(H,24,26);3-12H,13H2,1-2H3,(H,24,25);3-14H,1-2H3,(H,24,25). The molecule has 0 saturated carbocycles. The molecule has 118 heavy (non-hydrogen) atoms. The summed E-state index contributed by atoms with van der Waals surface area (Å²) in [5, 5.41) is 29.0. The van der Waals surface area contributed by atoms with Gasteiger partial charge in [-0.05, 0) is 199 Å². The van der Waals surface area contributed by atoms with E-state index in [1.807, 2.05) is 54.6 Å². The van der Waals surface area contributed by atoms with Gasteiger partial charge in [0.25, 0.3) is 23.6 Å². The highest BCUT2D eigenvalue weighted by atomic mass is 35.5. The first-order valence-electron chi connectivity index (χ1n) is 35.4. The van der Waals surface area contributed by atoms with Crippen molar-refractivity contribution in [1.82, 2.24) is 34.7 Å². The zero-order valence-electron chi connectivity index (χ0n) is 63.8. The molecule has 0 fully saturated rings. The van der Waals surface area contributed by atoms with Gasteiger partial charge in [0, 0.05) is 112 Å². The molecule has 0 aliphatic heterocycles. The second-order valence-corrected chi connectivity index (χ2v) is 36.8. The first-order chi connectivity index (χ1) is 56.1. The van der Waals surface area contributed by atoms with Crippen LogP contribution in [0.3, 0.4) is 0 Å². The van der Waals surface area contributed by atoms with E-state index < -0.39 is 44.6 Å². The van der Waals surface area contributed by atoms with E-state index in [1.54, 1.807) is 215 Å². The summed E-state index contributed by atoms with van der Waals surface area (Å²) in [6, 6.07) is 64.6. The predicted octanol–water partition coefficient (Wildman–Crippen LogP) is 16.4. The number of nitrogens with one attached hydrogen (secondary N) is 4. The number of hydrogen-bond acceptors (Lipinski definition) is 20. The Morgan fingerprint density at radius 2 is 0.797 bits per heavy atom. The number of aromatic nitrogens is 7. The molecule has 1 atom stereocenters. The lowest BCUT2D eigenvalue weighted by Crippen LogP contribution is -2.14. The Labute approximate surface area is 702 Å². The molecule has 13 aromatic rings. The Kier molecular flexibility index (Phi) is 29.9. The Morgan fingerprint density at radius 1 is 0.432 bits per heavy atom. The van der Waals surface area contributed by atoms with Crippen molar-refractivity contribution in [3.05, 3.63) is 332 Å². The van der Waals surface area contributed by atoms with Crippen molar-refractivity contribution < 1.29 is 62.7 Å². The molecule has 5 N–H and O–H groups in total. The number of pyridine rings is 4. The third-order valence-corrected chi connectivity index (χ3v) is 23.6. The van der Waals surface area contributed by atoms with Gasteiger partial charge in [-0.25, -0.2) is 33.7 Å². The van der Waals surface area contributed by atoms with Crippen LogP contribution in [0, 0.1) is 0 Å². The molecule has 606 valence electrons. The number of aryl methyl sites for hydroxylation is 1. The monoisotopic (exact) mass is 1740 g/mol. The van der Waals surface area contributed by atoms with E-state index in [4.69, 9.17) is 56.2 Å². The van der Waals surface area contributed by atoms with Crippen LogP contribution in [-0.2, 0) is 70.3 Å². The van der Waals surface area contributed by atoms with Crippen LogP contribution in [0.5, 0.6) is 5.75 Å². The van der Waals surface area contributed by atoms with Crippen LogP contribution in [0.4, 0.5) is 22.7 Å². The second-order valence-electron chi connectivity index (χ2n) is 26.6. The molecule has 4 amide bonds. The first kappa shape index (κ1) is 88.5. The highest BCUT2D eigenvalue weighted by Gasteiger charge is 2.24. The van der Waals surface area contributed by atoms with Crippen LogP contribution in [0.25, 0.3) is 45.0 Å². The number of carbonyl (C=O) groups excluding carboxylic acids is 4. The number of rotatable bonds is 23. The topological polar surface area (TPSA) is 365 Å². The average Bonchev–Trinajstić information content (AvgIpc) is 0.897. The maximum Gasteiger partial charge on any atom is 0.259 e. The number of anilines is 4. The van der Waals surface area contributed by atoms with Crippen LogP contribution in [0.1, 0.15) is 81.4 Å². The summed E-state index contributed by atoms with van der Waals surface area (Å²) in [6.07, 6.45) is 11.4. The molecule has 33 heteroatoms. The fraction of sp³-hybridized carbons (Fsp3) is 0.129. The summed E-state index contributed by atoms with van der Waals surface area (Å²) in [6.45, 7) is 1.53. The number of carbonyl (C=O) groups is 4. The maximum absolute atomic E-state index is 12.8. The SMILES string of the molecule is CC(c1ccc(C(=O)Nc2ccc(Cl)c(-c3ccccn3)c2)cc1)S(C)(=O)=O.COc1cc(CS(C)(=O)=O)ccc1C(=O)Nc1ccc(Cl)c(-c2ccccn2)c1.CS(=O)(=O)Cc1ccc(C(=O)Nc2ccc(Cl)c(-c3ccc(CO)cn3)c2)cc1.Cn1cnnc1S(=O)(=O)Cc1ccc(C(=O)Nc2ccc(Cl)c(-c3ccccn3)c2)cc1. The van der Waals surface area contributed by atoms with Gasteiger partial charge in [0.2, 0.25) is 15.0 Å². The van der Waals surface area contributed by atoms with Crippen molar-refractivity contribution >= 4 is 132 Å². The van der Waals surface area contributed by atoms with Gasteiger partial charge in [-0.2, -0.15) is 0 Å². The van der Waals surface area contributed by atoms with Crippen LogP contribution >= 0.6 is 46.4 Å². The van der Waals surface area contributed by atoms with E-state index in [0.29, 0.717) is 138 Å². The Balaban J connectivity index is 0.000000166. The minimum absolute atomic E-state index is 0.0719. The van der Waals surface area contributed by atoms with E-state index >= 15 is 0 Å². The van der Waals surface area contributed by atoms with Gasteiger partial charge in [0.15, 0.2) is 29.5 Å². The summed E-state index contributed by atoms with van der Waals surface area (Å²) in [4.78, 5) is 67.7. The smallest absolute Gasteiger partial charge is 0.259 e. The highest BCUT2D eigenvalue weighted by molar-refractivity contribution is 7.91. The number of aliphatic hydroxyl groups is 1. The summed E-state index contributed by atoms with van der Waals surface area (Å²) in [5.41, 5.74) is 12.3. The van der Waals surface area contributed by atoms with Gasteiger partial charge in [-0.1, -0.05) is 113 Å². The molecule has 1 unspecified atom stereocenters. The highest BCUT2D eigenvalue weighted by Crippen LogP contribution is 2.35. The molecule has 0 spiro atoms. The zero-order valence-corrected chi connectivity index (χ0v) is 70.1. The Hall–Kier alpha value is -11.9. The molecule has 0 saturated heterocycles. The van der Waals surface area contributed by atoms with Crippen molar-refractivity contribution in [2.24, 2.45) is 7.05 Å². The molecule has 5 heterocycles. The molecular weight excluding hydrogens is 1670 g/mol. The largest absolute Gasteiger partial charge is 0.496 e. The van der Waals surface area contributed by atoms with Gasteiger partial charge in [0.05, 0.1) is 84.7 Å². The fourth-order valence-electron chi connectivity index (χ4n) is 11.4. The van der Waals surface area contributed by atoms with E-state index in [0.717, 1.165) is 18.1 Å². The molecular formula is C85H75Cl4N11O14S4. The number of methoxy groups -OCH3 is 1. The number of amides is 4. The van der Waals surface area contributed by atoms with Gasteiger partial charge in [0.1, 0.15) is 12.1 Å². The molecule has 13 rings (SSSR count). The fourth-order valence-corrected chi connectivity index (χ4v) is 15.9. The maximum atomic E-state index is 12.8. The van der Waals surface area contributed by atoms with Gasteiger partial charge in [-0.15, -0.1) is 10.2 Å². The van der Waals surface area contributed by atoms with Gasteiger partial charge in [-0.3, -0.25) is 39.1 Å². The molecule has 0 bridgehead atoms. The van der Waals surface area contributed by atoms with E-state index in [2.05, 4.69) is 51.4 Å². The second kappa shape index (κ2) is 39.8. The number of benzene rings is 8. The van der Waals surface area contributed by atoms with Crippen molar-refractivity contribution in [2.75, 3.05) is 47.1 Å². The minimum Gasteiger partial charge on any atom is -0.496 e. The predicted molar refractivity (Wildman–Crippen MR) is 461 cm³/mol. The van der Waals surface area contributed by atoms with E-state index in [9.17, 15) is 52.8 Å². The molecule has 25 nitrogen and oxygen atoms in total. The Morgan fingerprint density at radius 3 is 1.14 bits per heavy atom. The first-order valence-corrected chi connectivity index (χ1v) is 44.6. The lowest BCUT2D eigenvalue weighted by Gasteiger charge is -2.12. The van der Waals surface area contributed by atoms with Crippen molar-refractivity contribution in [1.29, 1.82) is 0 Å².